The van der Waals surface area contributed by atoms with Gasteiger partial charge in [-0.15, -0.1) is 0 Å². The average Bonchev–Trinajstić information content (AvgIpc) is 3.27. The van der Waals surface area contributed by atoms with Crippen LogP contribution in [0, 0.1) is 5.92 Å². The number of hydrogen-bond donors (Lipinski definition) is 0. The summed E-state index contributed by atoms with van der Waals surface area (Å²) in [5.41, 5.74) is 1.09. The van der Waals surface area contributed by atoms with Crippen LogP contribution < -0.4 is 4.74 Å². The third-order valence-corrected chi connectivity index (χ3v) is 3.44. The van der Waals surface area contributed by atoms with E-state index in [4.69, 9.17) is 9.47 Å². The molecule has 1 aliphatic carbocycles. The van der Waals surface area contributed by atoms with Gasteiger partial charge in [0.05, 0.1) is 7.11 Å². The quantitative estimate of drug-likeness (QED) is 0.718. The molecule has 1 aromatic rings. The van der Waals surface area contributed by atoms with Crippen LogP contribution in [0.2, 0.25) is 0 Å². The zero-order valence-electron chi connectivity index (χ0n) is 11.9. The maximum Gasteiger partial charge on any atom is 0.347 e. The van der Waals surface area contributed by atoms with Crippen molar-refractivity contribution in [2.45, 2.75) is 38.7 Å². The molecule has 1 aromatic carbocycles. The number of carbonyl (C=O) groups is 2. The summed E-state index contributed by atoms with van der Waals surface area (Å²) in [7, 11) is 1.38. The molecule has 1 atom stereocenters. The lowest BCUT2D eigenvalue weighted by atomic mass is 10.1. The molecule has 1 fully saturated rings. The lowest BCUT2D eigenvalue weighted by molar-refractivity contribution is -0.149. The molecular formula is C16H20O4. The first-order valence-corrected chi connectivity index (χ1v) is 6.93. The molecule has 2 rings (SSSR count). The number of ketones is 1. The number of hydrogen-bond acceptors (Lipinski definition) is 4. The lowest BCUT2D eigenvalue weighted by Crippen LogP contribution is -2.30. The molecule has 0 spiro atoms. The second kappa shape index (κ2) is 6.55. The van der Waals surface area contributed by atoms with Crippen molar-refractivity contribution in [2.24, 2.45) is 5.92 Å². The molecule has 1 unspecified atom stereocenters. The molecule has 0 N–H and O–H groups in total. The summed E-state index contributed by atoms with van der Waals surface area (Å²) in [6, 6.07) is 7.54. The van der Waals surface area contributed by atoms with Crippen molar-refractivity contribution in [1.82, 2.24) is 0 Å². The Labute approximate surface area is 119 Å². The van der Waals surface area contributed by atoms with Crippen LogP contribution in [0.5, 0.6) is 5.75 Å². The molecule has 0 bridgehead atoms. The van der Waals surface area contributed by atoms with E-state index in [0.29, 0.717) is 12.2 Å². The number of aryl methyl sites for hydroxylation is 1. The molecule has 0 heterocycles. The highest BCUT2D eigenvalue weighted by molar-refractivity contribution is 5.76. The van der Waals surface area contributed by atoms with Crippen molar-refractivity contribution in [3.63, 3.8) is 0 Å². The number of methoxy groups -OCH3 is 1. The largest absolute Gasteiger partial charge is 0.478 e. The summed E-state index contributed by atoms with van der Waals surface area (Å²) >= 11 is 0. The molecule has 0 radical (unpaired) electrons. The van der Waals surface area contributed by atoms with Crippen molar-refractivity contribution in [3.05, 3.63) is 29.8 Å². The van der Waals surface area contributed by atoms with Crippen LogP contribution in [-0.2, 0) is 20.7 Å². The van der Waals surface area contributed by atoms with Gasteiger partial charge in [0.2, 0.25) is 0 Å². The number of rotatable bonds is 7. The molecule has 4 heteroatoms. The van der Waals surface area contributed by atoms with Gasteiger partial charge in [0.25, 0.3) is 0 Å². The topological polar surface area (TPSA) is 52.6 Å². The van der Waals surface area contributed by atoms with Crippen LogP contribution in [0.25, 0.3) is 0 Å². The van der Waals surface area contributed by atoms with E-state index in [1.807, 2.05) is 24.3 Å². The third-order valence-electron chi connectivity index (χ3n) is 3.44. The zero-order chi connectivity index (χ0) is 14.5. The Bertz CT molecular complexity index is 474. The summed E-state index contributed by atoms with van der Waals surface area (Å²) in [5, 5.41) is 0. The molecule has 0 aliphatic heterocycles. The molecule has 0 saturated heterocycles. The van der Waals surface area contributed by atoms with Crippen molar-refractivity contribution < 1.29 is 19.1 Å². The van der Waals surface area contributed by atoms with Crippen LogP contribution in [0.3, 0.4) is 0 Å². The van der Waals surface area contributed by atoms with Crippen LogP contribution in [0.1, 0.15) is 31.7 Å². The van der Waals surface area contributed by atoms with Gasteiger partial charge in [0, 0.05) is 12.3 Å². The summed E-state index contributed by atoms with van der Waals surface area (Å²) in [6.45, 7) is 1.59. The molecule has 0 aromatic heterocycles. The van der Waals surface area contributed by atoms with E-state index in [2.05, 4.69) is 0 Å². The Morgan fingerprint density at radius 3 is 2.40 bits per heavy atom. The van der Waals surface area contributed by atoms with Crippen molar-refractivity contribution in [3.8, 4) is 5.75 Å². The first-order valence-electron chi connectivity index (χ1n) is 6.93. The second-order valence-corrected chi connectivity index (χ2v) is 5.25. The summed E-state index contributed by atoms with van der Waals surface area (Å²) in [6.07, 6.45) is 2.81. The zero-order valence-corrected chi connectivity index (χ0v) is 11.9. The number of benzene rings is 1. The van der Waals surface area contributed by atoms with Gasteiger partial charge in [0.1, 0.15) is 11.5 Å². The van der Waals surface area contributed by atoms with E-state index in [9.17, 15) is 9.59 Å². The molecule has 0 amide bonds. The Balaban J connectivity index is 1.95. The van der Waals surface area contributed by atoms with Gasteiger partial charge in [-0.2, -0.15) is 0 Å². The highest BCUT2D eigenvalue weighted by Crippen LogP contribution is 2.35. The Morgan fingerprint density at radius 2 is 1.90 bits per heavy atom. The molecule has 1 saturated carbocycles. The lowest BCUT2D eigenvalue weighted by Gasteiger charge is -2.16. The third kappa shape index (κ3) is 4.08. The first-order chi connectivity index (χ1) is 9.60. The number of esters is 1. The fourth-order valence-electron chi connectivity index (χ4n) is 2.05. The normalized spacial score (nSPS) is 15.5. The van der Waals surface area contributed by atoms with E-state index in [-0.39, 0.29) is 17.7 Å². The van der Waals surface area contributed by atoms with Crippen LogP contribution in [-0.4, -0.2) is 25.0 Å². The van der Waals surface area contributed by atoms with E-state index < -0.39 is 6.10 Å². The highest BCUT2D eigenvalue weighted by atomic mass is 16.6. The van der Waals surface area contributed by atoms with E-state index in [0.717, 1.165) is 24.8 Å². The number of Topliss-reactive ketones (excluding diaryl/α,β-unsaturated/α-hetero) is 1. The summed E-state index contributed by atoms with van der Waals surface area (Å²) in [5.74, 6) is 0.816. The monoisotopic (exact) mass is 276 g/mol. The van der Waals surface area contributed by atoms with Gasteiger partial charge < -0.3 is 14.3 Å². The van der Waals surface area contributed by atoms with Crippen LogP contribution >= 0.6 is 0 Å². The fourth-order valence-corrected chi connectivity index (χ4v) is 2.05. The minimum Gasteiger partial charge on any atom is -0.478 e. The molecule has 1 aliphatic rings. The maximum atomic E-state index is 11.7. The summed E-state index contributed by atoms with van der Waals surface area (Å²) in [4.78, 5) is 22.6. The Kier molecular flexibility index (Phi) is 4.77. The van der Waals surface area contributed by atoms with E-state index >= 15 is 0 Å². The SMILES string of the molecule is COC(=O)C(Oc1ccc(CCC(C)=O)cc1)C1CC1. The van der Waals surface area contributed by atoms with E-state index in [1.165, 1.54) is 7.11 Å². The van der Waals surface area contributed by atoms with Gasteiger partial charge in [-0.1, -0.05) is 12.1 Å². The predicted molar refractivity (Wildman–Crippen MR) is 74.6 cm³/mol. The maximum absolute atomic E-state index is 11.7. The van der Waals surface area contributed by atoms with Crippen molar-refractivity contribution in [2.75, 3.05) is 7.11 Å². The molecular weight excluding hydrogens is 256 g/mol. The molecule has 20 heavy (non-hydrogen) atoms. The Morgan fingerprint density at radius 1 is 1.25 bits per heavy atom. The van der Waals surface area contributed by atoms with E-state index in [1.54, 1.807) is 6.92 Å². The number of carbonyl (C=O) groups excluding carboxylic acids is 2. The summed E-state index contributed by atoms with van der Waals surface area (Å²) < 4.78 is 10.5. The second-order valence-electron chi connectivity index (χ2n) is 5.25. The van der Waals surface area contributed by atoms with Crippen molar-refractivity contribution >= 4 is 11.8 Å². The number of ether oxygens (including phenoxy) is 2. The fraction of sp³-hybridized carbons (Fsp3) is 0.500. The van der Waals surface area contributed by atoms with Gasteiger partial charge in [-0.05, 0) is 43.9 Å². The molecule has 4 nitrogen and oxygen atoms in total. The minimum absolute atomic E-state index is 0.185. The van der Waals surface area contributed by atoms with Crippen molar-refractivity contribution in [1.29, 1.82) is 0 Å². The Hall–Kier alpha value is -1.84. The van der Waals surface area contributed by atoms with Crippen LogP contribution in [0.15, 0.2) is 24.3 Å². The average molecular weight is 276 g/mol. The van der Waals surface area contributed by atoms with Crippen LogP contribution in [0.4, 0.5) is 0 Å². The van der Waals surface area contributed by atoms with Gasteiger partial charge in [-0.3, -0.25) is 0 Å². The first kappa shape index (κ1) is 14.6. The van der Waals surface area contributed by atoms with Gasteiger partial charge >= 0.3 is 5.97 Å². The van der Waals surface area contributed by atoms with Gasteiger partial charge in [0.15, 0.2) is 6.10 Å². The minimum atomic E-state index is -0.497. The van der Waals surface area contributed by atoms with Gasteiger partial charge in [-0.25, -0.2) is 4.79 Å². The smallest absolute Gasteiger partial charge is 0.347 e. The highest BCUT2D eigenvalue weighted by Gasteiger charge is 2.38. The standard InChI is InChI=1S/C16H20O4/c1-11(17)3-4-12-5-9-14(10-6-12)20-15(13-7-8-13)16(18)19-2/h5-6,9-10,13,15H,3-4,7-8H2,1-2H3. The molecule has 108 valence electrons. The predicted octanol–water partition coefficient (Wildman–Crippen LogP) is 2.54.